The van der Waals surface area contributed by atoms with E-state index in [1.807, 2.05) is 30.3 Å². The first-order valence-electron chi connectivity index (χ1n) is 9.48. The Morgan fingerprint density at radius 1 is 1.03 bits per heavy atom. The molecule has 0 bridgehead atoms. The lowest BCUT2D eigenvalue weighted by Gasteiger charge is -2.08. The summed E-state index contributed by atoms with van der Waals surface area (Å²) in [5.41, 5.74) is 0.453. The highest BCUT2D eigenvalue weighted by Crippen LogP contribution is 2.27. The molecule has 0 amide bonds. The lowest BCUT2D eigenvalue weighted by atomic mass is 10.1. The molecule has 1 atom stereocenters. The van der Waals surface area contributed by atoms with Gasteiger partial charge < -0.3 is 13.6 Å². The highest BCUT2D eigenvalue weighted by Gasteiger charge is 2.20. The molecule has 7 nitrogen and oxygen atoms in total. The van der Waals surface area contributed by atoms with Crippen LogP contribution in [0.15, 0.2) is 63.6 Å². The number of nitrogens with zero attached hydrogens (tertiary/aromatic N) is 3. The first kappa shape index (κ1) is 20.4. The summed E-state index contributed by atoms with van der Waals surface area (Å²) < 4.78 is 44.0. The van der Waals surface area contributed by atoms with Crippen LogP contribution in [0.2, 0.25) is 0 Å². The Labute approximate surface area is 175 Å². The predicted molar refractivity (Wildman–Crippen MR) is 104 cm³/mol. The Kier molecular flexibility index (Phi) is 5.83. The number of rotatable bonds is 7. The molecule has 2 heterocycles. The normalized spacial score (nSPS) is 12.0. The second-order valence-electron chi connectivity index (χ2n) is 6.66. The second kappa shape index (κ2) is 8.86. The van der Waals surface area contributed by atoms with E-state index in [2.05, 4.69) is 15.2 Å². The highest BCUT2D eigenvalue weighted by atomic mass is 19.1. The number of carbonyl (C=O) groups excluding carboxylic acids is 1. The first-order valence-corrected chi connectivity index (χ1v) is 9.48. The standard InChI is InChI=1S/C22H17F2N3O4/c1-13(21-26-27-22(31-21)14-6-3-2-4-7-14)29-19(28)11-10-18-25-12-17(30-18)20-15(23)8-5-9-16(20)24/h2-9,12-13H,10-11H2,1H3. The summed E-state index contributed by atoms with van der Waals surface area (Å²) in [6.07, 6.45) is 0.517. The molecule has 4 aromatic rings. The zero-order valence-corrected chi connectivity index (χ0v) is 16.4. The minimum absolute atomic E-state index is 0.0494. The van der Waals surface area contributed by atoms with E-state index in [0.717, 1.165) is 17.7 Å². The number of aromatic nitrogens is 3. The van der Waals surface area contributed by atoms with Crippen molar-refractivity contribution in [1.82, 2.24) is 15.2 Å². The van der Waals surface area contributed by atoms with Crippen molar-refractivity contribution in [2.24, 2.45) is 0 Å². The molecular formula is C22H17F2N3O4. The molecular weight excluding hydrogens is 408 g/mol. The number of oxazole rings is 1. The van der Waals surface area contributed by atoms with Crippen molar-refractivity contribution in [2.75, 3.05) is 0 Å². The predicted octanol–water partition coefficient (Wildman–Crippen LogP) is 4.91. The first-order chi connectivity index (χ1) is 15.0. The van der Waals surface area contributed by atoms with Crippen LogP contribution in [0.5, 0.6) is 0 Å². The zero-order chi connectivity index (χ0) is 21.8. The number of carbonyl (C=O) groups is 1. The molecule has 0 aliphatic heterocycles. The average molecular weight is 425 g/mol. The van der Waals surface area contributed by atoms with Crippen LogP contribution in [0.25, 0.3) is 22.8 Å². The molecule has 0 saturated carbocycles. The lowest BCUT2D eigenvalue weighted by Crippen LogP contribution is -2.10. The smallest absolute Gasteiger partial charge is 0.307 e. The fraction of sp³-hybridized carbons (Fsp3) is 0.182. The van der Waals surface area contributed by atoms with Gasteiger partial charge in [-0.25, -0.2) is 13.8 Å². The quantitative estimate of drug-likeness (QED) is 0.389. The highest BCUT2D eigenvalue weighted by molar-refractivity contribution is 5.69. The number of esters is 1. The van der Waals surface area contributed by atoms with Crippen LogP contribution in [0, 0.1) is 11.6 Å². The van der Waals surface area contributed by atoms with Crippen molar-refractivity contribution >= 4 is 5.97 Å². The number of benzene rings is 2. The molecule has 0 aliphatic rings. The average Bonchev–Trinajstić information content (AvgIpc) is 3.43. The Hall–Kier alpha value is -3.88. The Balaban J connectivity index is 1.34. The van der Waals surface area contributed by atoms with E-state index in [9.17, 15) is 13.6 Å². The number of hydrogen-bond donors (Lipinski definition) is 0. The maximum absolute atomic E-state index is 13.9. The van der Waals surface area contributed by atoms with Gasteiger partial charge in [-0.05, 0) is 31.2 Å². The van der Waals surface area contributed by atoms with Crippen molar-refractivity contribution < 1.29 is 27.1 Å². The van der Waals surface area contributed by atoms with Crippen LogP contribution in [0.4, 0.5) is 8.78 Å². The summed E-state index contributed by atoms with van der Waals surface area (Å²) in [4.78, 5) is 16.1. The molecule has 9 heteroatoms. The molecule has 4 rings (SSSR count). The molecule has 2 aromatic heterocycles. The summed E-state index contributed by atoms with van der Waals surface area (Å²) in [5, 5.41) is 7.88. The maximum atomic E-state index is 13.9. The number of halogens is 2. The number of aryl methyl sites for hydroxylation is 1. The summed E-state index contributed by atoms with van der Waals surface area (Å²) in [6.45, 7) is 1.62. The van der Waals surface area contributed by atoms with Crippen LogP contribution in [0.1, 0.15) is 31.2 Å². The monoisotopic (exact) mass is 425 g/mol. The fourth-order valence-corrected chi connectivity index (χ4v) is 2.89. The largest absolute Gasteiger partial charge is 0.453 e. The number of hydrogen-bond acceptors (Lipinski definition) is 7. The van der Waals surface area contributed by atoms with E-state index >= 15 is 0 Å². The van der Waals surface area contributed by atoms with Crippen LogP contribution < -0.4 is 0 Å². The number of ether oxygens (including phenoxy) is 1. The molecule has 0 spiro atoms. The van der Waals surface area contributed by atoms with Gasteiger partial charge in [0.1, 0.15) is 11.6 Å². The van der Waals surface area contributed by atoms with Gasteiger partial charge in [0.2, 0.25) is 5.89 Å². The molecule has 1 unspecified atom stereocenters. The summed E-state index contributed by atoms with van der Waals surface area (Å²) in [7, 11) is 0. The molecule has 158 valence electrons. The van der Waals surface area contributed by atoms with Gasteiger partial charge in [0.15, 0.2) is 17.8 Å². The van der Waals surface area contributed by atoms with Gasteiger partial charge in [-0.15, -0.1) is 10.2 Å². The van der Waals surface area contributed by atoms with Gasteiger partial charge in [0.25, 0.3) is 5.89 Å². The molecule has 31 heavy (non-hydrogen) atoms. The van der Waals surface area contributed by atoms with Gasteiger partial charge in [-0.1, -0.05) is 24.3 Å². The summed E-state index contributed by atoms with van der Waals surface area (Å²) >= 11 is 0. The van der Waals surface area contributed by atoms with E-state index in [4.69, 9.17) is 13.6 Å². The zero-order valence-electron chi connectivity index (χ0n) is 16.4. The van der Waals surface area contributed by atoms with Crippen LogP contribution in [0.3, 0.4) is 0 Å². The molecule has 2 aromatic carbocycles. The van der Waals surface area contributed by atoms with Gasteiger partial charge in [0.05, 0.1) is 18.2 Å². The van der Waals surface area contributed by atoms with Crippen molar-refractivity contribution in [3.8, 4) is 22.8 Å². The van der Waals surface area contributed by atoms with E-state index in [-0.39, 0.29) is 35.9 Å². The third-order valence-electron chi connectivity index (χ3n) is 4.42. The van der Waals surface area contributed by atoms with Crippen molar-refractivity contribution in [1.29, 1.82) is 0 Å². The summed E-state index contributed by atoms with van der Waals surface area (Å²) in [5.74, 6) is -1.45. The summed E-state index contributed by atoms with van der Waals surface area (Å²) in [6, 6.07) is 12.7. The van der Waals surface area contributed by atoms with Crippen LogP contribution in [-0.2, 0) is 16.0 Å². The van der Waals surface area contributed by atoms with Gasteiger partial charge in [-0.3, -0.25) is 4.79 Å². The van der Waals surface area contributed by atoms with Gasteiger partial charge in [0, 0.05) is 12.0 Å². The Morgan fingerprint density at radius 2 is 1.77 bits per heavy atom. The maximum Gasteiger partial charge on any atom is 0.307 e. The van der Waals surface area contributed by atoms with Crippen LogP contribution in [-0.4, -0.2) is 21.2 Å². The van der Waals surface area contributed by atoms with Crippen LogP contribution >= 0.6 is 0 Å². The minimum Gasteiger partial charge on any atom is -0.453 e. The van der Waals surface area contributed by atoms with E-state index < -0.39 is 23.7 Å². The Bertz CT molecular complexity index is 1170. The van der Waals surface area contributed by atoms with Crippen molar-refractivity contribution in [2.45, 2.75) is 25.9 Å². The minimum atomic E-state index is -0.759. The molecule has 0 fully saturated rings. The molecule has 0 radical (unpaired) electrons. The molecule has 0 N–H and O–H groups in total. The Morgan fingerprint density at radius 3 is 2.52 bits per heavy atom. The van der Waals surface area contributed by atoms with E-state index in [0.29, 0.717) is 5.89 Å². The van der Waals surface area contributed by atoms with Crippen molar-refractivity contribution in [3.05, 3.63) is 78.1 Å². The van der Waals surface area contributed by atoms with E-state index in [1.165, 1.54) is 12.3 Å². The van der Waals surface area contributed by atoms with Crippen molar-refractivity contribution in [3.63, 3.8) is 0 Å². The second-order valence-corrected chi connectivity index (χ2v) is 6.66. The fourth-order valence-electron chi connectivity index (χ4n) is 2.89. The third-order valence-corrected chi connectivity index (χ3v) is 4.42. The SMILES string of the molecule is CC(OC(=O)CCc1ncc(-c2c(F)cccc2F)o1)c1nnc(-c2ccccc2)o1. The third kappa shape index (κ3) is 4.66. The van der Waals surface area contributed by atoms with E-state index in [1.54, 1.807) is 6.92 Å². The molecule has 0 saturated heterocycles. The lowest BCUT2D eigenvalue weighted by molar-refractivity contribution is -0.149. The topological polar surface area (TPSA) is 91.2 Å². The molecule has 0 aliphatic carbocycles. The van der Waals surface area contributed by atoms with Gasteiger partial charge >= 0.3 is 5.97 Å². The van der Waals surface area contributed by atoms with Gasteiger partial charge in [-0.2, -0.15) is 0 Å².